The lowest BCUT2D eigenvalue weighted by molar-refractivity contribution is -0.288. The Morgan fingerprint density at radius 3 is 1.76 bits per heavy atom. The Morgan fingerprint density at radius 1 is 0.680 bits per heavy atom. The first kappa shape index (κ1) is 39.7. The summed E-state index contributed by atoms with van der Waals surface area (Å²) in [5.74, 6) is -2.13. The molecule has 5 atom stereocenters. The highest BCUT2D eigenvalue weighted by molar-refractivity contribution is 6.74. The van der Waals surface area contributed by atoms with E-state index in [1.54, 1.807) is 36.4 Å². The maximum absolute atomic E-state index is 12.3. The zero-order chi connectivity index (χ0) is 37.4. The van der Waals surface area contributed by atoms with Gasteiger partial charge in [0.25, 0.3) is 0 Å². The topological polar surface area (TPSA) is 159 Å². The molecule has 0 unspecified atom stereocenters. The van der Waals surface area contributed by atoms with Crippen LogP contribution in [0.5, 0.6) is 17.2 Å². The second-order valence-electron chi connectivity index (χ2n) is 13.3. The summed E-state index contributed by atoms with van der Waals surface area (Å²) in [6, 6.07) is 12.2. The number of benzene rings is 2. The fourth-order valence-corrected chi connectivity index (χ4v) is 5.70. The van der Waals surface area contributed by atoms with Crippen LogP contribution >= 0.6 is 0 Å². The summed E-state index contributed by atoms with van der Waals surface area (Å²) >= 11 is 0. The molecule has 0 amide bonds. The van der Waals surface area contributed by atoms with E-state index in [1.807, 2.05) is 18.2 Å². The Kier molecular flexibility index (Phi) is 13.4. The largest absolute Gasteiger partial charge is 0.543 e. The maximum Gasteiger partial charge on any atom is 0.308 e. The molecule has 0 spiro atoms. The van der Waals surface area contributed by atoms with Crippen molar-refractivity contribution in [3.8, 4) is 17.2 Å². The highest BCUT2D eigenvalue weighted by Gasteiger charge is 2.53. The van der Waals surface area contributed by atoms with E-state index < -0.39 is 75.5 Å². The van der Waals surface area contributed by atoms with Crippen molar-refractivity contribution in [2.75, 3.05) is 6.61 Å². The molecule has 2 aromatic rings. The molecule has 0 bridgehead atoms. The van der Waals surface area contributed by atoms with Crippen LogP contribution in [0.2, 0.25) is 18.1 Å². The van der Waals surface area contributed by atoms with Gasteiger partial charge in [-0.1, -0.05) is 45.1 Å². The fourth-order valence-electron chi connectivity index (χ4n) is 4.69. The molecule has 1 aliphatic rings. The van der Waals surface area contributed by atoms with Crippen molar-refractivity contribution in [2.24, 2.45) is 0 Å². The Hall–Kier alpha value is -4.69. The average Bonchev–Trinajstić information content (AvgIpc) is 2.97. The lowest BCUT2D eigenvalue weighted by atomic mass is 9.98. The minimum absolute atomic E-state index is 0.136. The van der Waals surface area contributed by atoms with E-state index in [4.69, 9.17) is 37.6 Å². The highest BCUT2D eigenvalue weighted by Crippen LogP contribution is 2.39. The molecule has 0 radical (unpaired) electrons. The van der Waals surface area contributed by atoms with Gasteiger partial charge < -0.3 is 37.6 Å². The van der Waals surface area contributed by atoms with Gasteiger partial charge in [-0.3, -0.25) is 24.0 Å². The van der Waals surface area contributed by atoms with Gasteiger partial charge in [0.05, 0.1) is 0 Å². The van der Waals surface area contributed by atoms with Gasteiger partial charge in [-0.15, -0.1) is 0 Å². The standard InChI is InChI=1S/C36H46O13Si/c1-21(37)42-20-31-32(44-23(3)39)33(45-24(4)40)34(46-25(5)41)35(48-31)47-29-17-27(18-30(19-29)49-50(9,10)36(6,7)8)12-11-26-13-15-28(16-14-26)43-22(2)38/h11-19,31-35H,20H2,1-10H3/b12-11+/t31-,32-,33+,34-,35-/m1/s1. The molecule has 0 aromatic heterocycles. The van der Waals surface area contributed by atoms with E-state index in [2.05, 4.69) is 33.9 Å². The highest BCUT2D eigenvalue weighted by atomic mass is 28.4. The molecular weight excluding hydrogens is 668 g/mol. The van der Waals surface area contributed by atoms with Crippen LogP contribution < -0.4 is 13.9 Å². The Bertz CT molecular complexity index is 1580. The second kappa shape index (κ2) is 16.8. The van der Waals surface area contributed by atoms with Crippen molar-refractivity contribution < 1.29 is 61.6 Å². The third-order valence-electron chi connectivity index (χ3n) is 7.89. The summed E-state index contributed by atoms with van der Waals surface area (Å²) in [4.78, 5) is 59.7. The molecule has 0 aliphatic carbocycles. The molecule has 1 saturated heterocycles. The number of ether oxygens (including phenoxy) is 7. The number of esters is 5. The van der Waals surface area contributed by atoms with Gasteiger partial charge in [0.2, 0.25) is 20.7 Å². The van der Waals surface area contributed by atoms with Gasteiger partial charge in [-0.2, -0.15) is 0 Å². The van der Waals surface area contributed by atoms with Crippen molar-refractivity contribution in [2.45, 2.75) is 104 Å². The molecule has 1 fully saturated rings. The normalized spacial score (nSPS) is 20.7. The minimum Gasteiger partial charge on any atom is -0.543 e. The van der Waals surface area contributed by atoms with Crippen LogP contribution in [0.1, 0.15) is 66.5 Å². The Morgan fingerprint density at radius 2 is 1.22 bits per heavy atom. The van der Waals surface area contributed by atoms with Crippen LogP contribution in [0, 0.1) is 0 Å². The molecule has 0 saturated carbocycles. The summed E-state index contributed by atoms with van der Waals surface area (Å²) < 4.78 is 46.0. The third kappa shape index (κ3) is 11.7. The van der Waals surface area contributed by atoms with Gasteiger partial charge in [0, 0.05) is 40.7 Å². The predicted octanol–water partition coefficient (Wildman–Crippen LogP) is 5.63. The van der Waals surface area contributed by atoms with Crippen LogP contribution in [0.3, 0.4) is 0 Å². The van der Waals surface area contributed by atoms with E-state index in [0.29, 0.717) is 17.1 Å². The van der Waals surface area contributed by atoms with E-state index in [0.717, 1.165) is 26.3 Å². The first-order valence-corrected chi connectivity index (χ1v) is 18.9. The van der Waals surface area contributed by atoms with Crippen LogP contribution in [0.15, 0.2) is 42.5 Å². The van der Waals surface area contributed by atoms with Crippen molar-refractivity contribution in [1.82, 2.24) is 0 Å². The van der Waals surface area contributed by atoms with E-state index in [1.165, 1.54) is 13.8 Å². The quantitative estimate of drug-likeness (QED) is 0.0876. The van der Waals surface area contributed by atoms with Gasteiger partial charge >= 0.3 is 29.8 Å². The van der Waals surface area contributed by atoms with Gasteiger partial charge in [-0.05, 0) is 53.5 Å². The number of carbonyl (C=O) groups is 5. The van der Waals surface area contributed by atoms with Crippen LogP contribution in [0.25, 0.3) is 12.2 Å². The predicted molar refractivity (Wildman–Crippen MR) is 184 cm³/mol. The first-order chi connectivity index (χ1) is 23.2. The van der Waals surface area contributed by atoms with Crippen LogP contribution in [-0.4, -0.2) is 75.5 Å². The number of rotatable bonds is 12. The molecule has 0 N–H and O–H groups in total. The zero-order valence-corrected chi connectivity index (χ0v) is 31.1. The molecule has 50 heavy (non-hydrogen) atoms. The summed E-state index contributed by atoms with van der Waals surface area (Å²) in [5.41, 5.74) is 1.49. The second-order valence-corrected chi connectivity index (χ2v) is 18.0. The summed E-state index contributed by atoms with van der Waals surface area (Å²) in [6.45, 7) is 16.1. The smallest absolute Gasteiger partial charge is 0.308 e. The Balaban J connectivity index is 2.09. The molecule has 3 rings (SSSR count). The lowest BCUT2D eigenvalue weighted by Crippen LogP contribution is -2.63. The third-order valence-corrected chi connectivity index (χ3v) is 12.3. The molecule has 13 nitrogen and oxygen atoms in total. The monoisotopic (exact) mass is 714 g/mol. The molecule has 1 heterocycles. The van der Waals surface area contributed by atoms with E-state index in [9.17, 15) is 24.0 Å². The summed E-state index contributed by atoms with van der Waals surface area (Å²) in [6.07, 6.45) is -3.04. The lowest BCUT2D eigenvalue weighted by Gasteiger charge is -2.44. The fraction of sp³-hybridized carbons (Fsp3) is 0.472. The van der Waals surface area contributed by atoms with Crippen LogP contribution in [0.4, 0.5) is 0 Å². The maximum atomic E-state index is 12.3. The summed E-state index contributed by atoms with van der Waals surface area (Å²) in [7, 11) is -2.35. The molecule has 14 heteroatoms. The van der Waals surface area contributed by atoms with Gasteiger partial charge in [0.15, 0.2) is 12.2 Å². The zero-order valence-electron chi connectivity index (χ0n) is 30.1. The molecular formula is C36H46O13Si. The van der Waals surface area contributed by atoms with Crippen molar-refractivity contribution >= 4 is 50.3 Å². The number of hydrogen-bond acceptors (Lipinski definition) is 13. The minimum atomic E-state index is -2.35. The number of hydrogen-bond donors (Lipinski definition) is 0. The van der Waals surface area contributed by atoms with Gasteiger partial charge in [-0.25, -0.2) is 0 Å². The van der Waals surface area contributed by atoms with Crippen molar-refractivity contribution in [3.63, 3.8) is 0 Å². The summed E-state index contributed by atoms with van der Waals surface area (Å²) in [5, 5.41) is -0.136. The first-order valence-electron chi connectivity index (χ1n) is 16.0. The van der Waals surface area contributed by atoms with Crippen molar-refractivity contribution in [3.05, 3.63) is 53.6 Å². The molecule has 1 aliphatic heterocycles. The molecule has 272 valence electrons. The SMILES string of the molecule is CC(=O)OC[C@H]1O[C@@H](Oc2cc(/C=C/c3ccc(OC(C)=O)cc3)cc(O[Si](C)(C)C(C)(C)C)c2)[C@H](OC(C)=O)[C@@H](OC(C)=O)[C@@H]1OC(C)=O. The van der Waals surface area contributed by atoms with Crippen LogP contribution in [-0.2, 0) is 47.7 Å². The van der Waals surface area contributed by atoms with E-state index in [-0.39, 0.29) is 10.8 Å². The van der Waals surface area contributed by atoms with Gasteiger partial charge in [0.1, 0.15) is 30.0 Å². The Labute approximate surface area is 293 Å². The molecule has 2 aromatic carbocycles. The van der Waals surface area contributed by atoms with E-state index >= 15 is 0 Å². The number of carbonyl (C=O) groups excluding carboxylic acids is 5. The van der Waals surface area contributed by atoms with Crippen molar-refractivity contribution in [1.29, 1.82) is 0 Å². The average molecular weight is 715 g/mol.